The van der Waals surface area contributed by atoms with Gasteiger partial charge in [-0.25, -0.2) is 0 Å². The Kier molecular flexibility index (Phi) is 40.5. The summed E-state index contributed by atoms with van der Waals surface area (Å²) in [4.78, 5) is 25.9. The number of esters is 2. The van der Waals surface area contributed by atoms with Crippen molar-refractivity contribution in [3.8, 4) is 0 Å². The van der Waals surface area contributed by atoms with E-state index in [2.05, 4.69) is 38.2 Å². The maximum atomic E-state index is 13.1. The minimum Gasteiger partial charge on any atom is -0.462 e. The van der Waals surface area contributed by atoms with Gasteiger partial charge >= 0.3 is 11.9 Å². The van der Waals surface area contributed by atoms with Crippen molar-refractivity contribution >= 4 is 11.9 Å². The molecule has 0 spiro atoms. The molecule has 2 fully saturated rings. The van der Waals surface area contributed by atoms with Gasteiger partial charge in [0, 0.05) is 12.8 Å². The van der Waals surface area contributed by atoms with Gasteiger partial charge in [0.1, 0.15) is 55.4 Å². The molecule has 2 rings (SSSR count). The van der Waals surface area contributed by atoms with Crippen molar-refractivity contribution in [3.05, 3.63) is 24.3 Å². The third-order valence-corrected chi connectivity index (χ3v) is 13.9. The van der Waals surface area contributed by atoms with Crippen LogP contribution in [0.5, 0.6) is 0 Å². The molecule has 0 radical (unpaired) electrons. The summed E-state index contributed by atoms with van der Waals surface area (Å²) in [6.45, 7) is 2.60. The van der Waals surface area contributed by atoms with Crippen LogP contribution in [0, 0.1) is 0 Å². The fraction of sp³-hybridized carbons (Fsp3) is 0.895. The maximum Gasteiger partial charge on any atom is 0.306 e. The molecular weight excluding hydrogens is 925 g/mol. The van der Waals surface area contributed by atoms with Gasteiger partial charge in [0.05, 0.1) is 19.8 Å². The lowest BCUT2D eigenvalue weighted by atomic mass is 9.98. The second-order valence-corrected chi connectivity index (χ2v) is 20.5. The maximum absolute atomic E-state index is 13.1. The van der Waals surface area contributed by atoms with Gasteiger partial charge in [-0.15, -0.1) is 0 Å². The van der Waals surface area contributed by atoms with Crippen LogP contribution in [0.2, 0.25) is 0 Å². The average Bonchev–Trinajstić information content (AvgIpc) is 3.37. The molecule has 15 heteroatoms. The van der Waals surface area contributed by atoms with Crippen LogP contribution in [-0.4, -0.2) is 142 Å². The smallest absolute Gasteiger partial charge is 0.306 e. The highest BCUT2D eigenvalue weighted by Crippen LogP contribution is 2.27. The Labute approximate surface area is 434 Å². The first-order valence-electron chi connectivity index (χ1n) is 28.9. The summed E-state index contributed by atoms with van der Waals surface area (Å²) in [5.74, 6) is -0.922. The van der Waals surface area contributed by atoms with Crippen molar-refractivity contribution in [3.63, 3.8) is 0 Å². The number of aliphatic hydroxyl groups is 7. The van der Waals surface area contributed by atoms with Crippen LogP contribution in [-0.2, 0) is 38.0 Å². The van der Waals surface area contributed by atoms with Gasteiger partial charge in [-0.3, -0.25) is 9.59 Å². The molecular formula is C57H104O15. The molecule has 2 aliphatic heterocycles. The molecule has 0 saturated carbocycles. The summed E-state index contributed by atoms with van der Waals surface area (Å²) in [6, 6.07) is 0. The van der Waals surface area contributed by atoms with E-state index in [4.69, 9.17) is 28.4 Å². The molecule has 0 aliphatic carbocycles. The van der Waals surface area contributed by atoms with Gasteiger partial charge in [0.2, 0.25) is 0 Å². The Hall–Kier alpha value is -2.02. The normalized spacial score (nSPS) is 25.1. The standard InChI is InChI=1S/C57H104O15/c1-3-5-7-9-11-13-15-17-19-21-22-24-25-27-29-31-33-35-37-39-48(59)67-42-45(70-49(60)40-38-36-34-32-30-28-26-23-20-18-16-14-12-10-8-6-4-2)43-68-56-55(66)53(64)51(62)47(72-56)44-69-57-54(65)52(63)50(61)46(41-58)71-57/h12,14,18,20,45-47,50-58,61-66H,3-11,13,15-17,19,21-44H2,1-2H3/b14-12-,20-18-. The van der Waals surface area contributed by atoms with Crippen molar-refractivity contribution in [1.82, 2.24) is 0 Å². The summed E-state index contributed by atoms with van der Waals surface area (Å²) in [5.41, 5.74) is 0. The number of rotatable bonds is 46. The van der Waals surface area contributed by atoms with E-state index in [1.807, 2.05) is 0 Å². The third kappa shape index (κ3) is 31.1. The van der Waals surface area contributed by atoms with Crippen LogP contribution in [0.3, 0.4) is 0 Å². The average molecular weight is 1030 g/mol. The molecule has 2 heterocycles. The third-order valence-electron chi connectivity index (χ3n) is 13.9. The lowest BCUT2D eigenvalue weighted by molar-refractivity contribution is -0.332. The Morgan fingerprint density at radius 2 is 0.833 bits per heavy atom. The minimum absolute atomic E-state index is 0.159. The molecule has 15 nitrogen and oxygen atoms in total. The fourth-order valence-corrected chi connectivity index (χ4v) is 9.19. The van der Waals surface area contributed by atoms with Gasteiger partial charge in [0.15, 0.2) is 18.7 Å². The van der Waals surface area contributed by atoms with E-state index < -0.39 is 92.7 Å². The predicted octanol–water partition coefficient (Wildman–Crippen LogP) is 9.50. The van der Waals surface area contributed by atoms with E-state index in [9.17, 15) is 45.3 Å². The van der Waals surface area contributed by atoms with Gasteiger partial charge in [-0.2, -0.15) is 0 Å². The van der Waals surface area contributed by atoms with E-state index in [0.717, 1.165) is 64.2 Å². The monoisotopic (exact) mass is 1030 g/mol. The van der Waals surface area contributed by atoms with E-state index >= 15 is 0 Å². The van der Waals surface area contributed by atoms with Crippen molar-refractivity contribution in [2.45, 2.75) is 300 Å². The van der Waals surface area contributed by atoms with E-state index in [1.165, 1.54) is 128 Å². The molecule has 2 aliphatic rings. The highest BCUT2D eigenvalue weighted by molar-refractivity contribution is 5.70. The molecule has 0 aromatic carbocycles. The van der Waals surface area contributed by atoms with E-state index in [0.29, 0.717) is 12.8 Å². The molecule has 2 saturated heterocycles. The van der Waals surface area contributed by atoms with Crippen LogP contribution in [0.4, 0.5) is 0 Å². The Bertz CT molecular complexity index is 1350. The second-order valence-electron chi connectivity index (χ2n) is 20.5. The SMILES string of the molecule is CCCCC/C=C\C/C=C\CCCCCCCCCC(=O)OC(COC(=O)CCCCCCCCCCCCCCCCCCCCC)COC1OC(COC2OC(CO)C(O)C(O)C2O)C(O)C(O)C1O. The molecule has 0 bridgehead atoms. The van der Waals surface area contributed by atoms with E-state index in [1.54, 1.807) is 0 Å². The van der Waals surface area contributed by atoms with Gasteiger partial charge < -0.3 is 64.2 Å². The van der Waals surface area contributed by atoms with Crippen molar-refractivity contribution in [2.75, 3.05) is 26.4 Å². The molecule has 422 valence electrons. The largest absolute Gasteiger partial charge is 0.462 e. The lowest BCUT2D eigenvalue weighted by Gasteiger charge is -2.42. The van der Waals surface area contributed by atoms with Crippen molar-refractivity contribution in [1.29, 1.82) is 0 Å². The molecule has 0 amide bonds. The summed E-state index contributed by atoms with van der Waals surface area (Å²) in [7, 11) is 0. The molecule has 72 heavy (non-hydrogen) atoms. The summed E-state index contributed by atoms with van der Waals surface area (Å²) >= 11 is 0. The Balaban J connectivity index is 1.75. The van der Waals surface area contributed by atoms with Crippen LogP contribution < -0.4 is 0 Å². The Morgan fingerprint density at radius 3 is 1.32 bits per heavy atom. The number of allylic oxidation sites excluding steroid dienone is 4. The zero-order valence-corrected chi connectivity index (χ0v) is 44.9. The number of aliphatic hydroxyl groups excluding tert-OH is 7. The predicted molar refractivity (Wildman–Crippen MR) is 280 cm³/mol. The summed E-state index contributed by atoms with van der Waals surface area (Å²) < 4.78 is 33.7. The number of hydrogen-bond donors (Lipinski definition) is 7. The van der Waals surface area contributed by atoms with Crippen LogP contribution in [0.1, 0.15) is 232 Å². The van der Waals surface area contributed by atoms with Gasteiger partial charge in [0.25, 0.3) is 0 Å². The van der Waals surface area contributed by atoms with Crippen LogP contribution in [0.25, 0.3) is 0 Å². The van der Waals surface area contributed by atoms with Crippen LogP contribution in [0.15, 0.2) is 24.3 Å². The second kappa shape index (κ2) is 44.1. The van der Waals surface area contributed by atoms with Crippen molar-refractivity contribution < 1.29 is 73.8 Å². The molecule has 7 N–H and O–H groups in total. The summed E-state index contributed by atoms with van der Waals surface area (Å²) in [6.07, 6.45) is 30.5. The molecule has 0 aromatic heterocycles. The fourth-order valence-electron chi connectivity index (χ4n) is 9.19. The van der Waals surface area contributed by atoms with Gasteiger partial charge in [-0.1, -0.05) is 199 Å². The summed E-state index contributed by atoms with van der Waals surface area (Å²) in [5, 5.41) is 72.2. The Morgan fingerprint density at radius 1 is 0.444 bits per heavy atom. The highest BCUT2D eigenvalue weighted by Gasteiger charge is 2.47. The lowest BCUT2D eigenvalue weighted by Crippen LogP contribution is -2.61. The molecule has 11 unspecified atom stereocenters. The first-order chi connectivity index (χ1) is 35.0. The van der Waals surface area contributed by atoms with Crippen LogP contribution >= 0.6 is 0 Å². The minimum atomic E-state index is -1.76. The molecule has 0 aromatic rings. The first-order valence-corrected chi connectivity index (χ1v) is 28.9. The topological polar surface area (TPSA) is 231 Å². The zero-order valence-electron chi connectivity index (χ0n) is 44.9. The molecule has 11 atom stereocenters. The van der Waals surface area contributed by atoms with E-state index in [-0.39, 0.29) is 26.1 Å². The number of carbonyl (C=O) groups is 2. The number of unbranched alkanes of at least 4 members (excludes halogenated alkanes) is 28. The zero-order chi connectivity index (χ0) is 52.4. The first kappa shape index (κ1) is 66.1. The number of hydrogen-bond acceptors (Lipinski definition) is 15. The van der Waals surface area contributed by atoms with Gasteiger partial charge in [-0.05, 0) is 44.9 Å². The highest BCUT2D eigenvalue weighted by atomic mass is 16.7. The number of carbonyl (C=O) groups excluding carboxylic acids is 2. The quantitative estimate of drug-likeness (QED) is 0.0171. The number of ether oxygens (including phenoxy) is 6. The van der Waals surface area contributed by atoms with Crippen molar-refractivity contribution in [2.24, 2.45) is 0 Å².